The average Bonchev–Trinajstić information content (AvgIpc) is 3.17. The SMILES string of the molecule is COC(=O)CC1(CSc2ccc(C=O)cc2C)CC1. The second-order valence-electron chi connectivity index (χ2n) is 5.18. The van der Waals surface area contributed by atoms with Gasteiger partial charge in [0.1, 0.15) is 6.29 Å². The summed E-state index contributed by atoms with van der Waals surface area (Å²) >= 11 is 1.76. The van der Waals surface area contributed by atoms with Gasteiger partial charge in [-0.1, -0.05) is 6.07 Å². The van der Waals surface area contributed by atoms with Gasteiger partial charge in [-0.05, 0) is 42.9 Å². The van der Waals surface area contributed by atoms with Crippen LogP contribution in [0, 0.1) is 12.3 Å². The van der Waals surface area contributed by atoms with Gasteiger partial charge in [-0.2, -0.15) is 0 Å². The molecule has 0 unspecified atom stereocenters. The maximum atomic E-state index is 11.4. The van der Waals surface area contributed by atoms with E-state index in [1.807, 2.05) is 25.1 Å². The van der Waals surface area contributed by atoms with Crippen LogP contribution in [0.2, 0.25) is 0 Å². The second kappa shape index (κ2) is 5.78. The Morgan fingerprint density at radius 1 is 1.47 bits per heavy atom. The van der Waals surface area contributed by atoms with Crippen LogP contribution < -0.4 is 0 Å². The van der Waals surface area contributed by atoms with Crippen molar-refractivity contribution in [3.05, 3.63) is 29.3 Å². The van der Waals surface area contributed by atoms with Crippen molar-refractivity contribution in [2.24, 2.45) is 5.41 Å². The zero-order valence-electron chi connectivity index (χ0n) is 11.3. The lowest BCUT2D eigenvalue weighted by molar-refractivity contribution is -0.141. The van der Waals surface area contributed by atoms with Gasteiger partial charge in [0.15, 0.2) is 0 Å². The molecule has 0 amide bonds. The molecule has 0 atom stereocenters. The number of rotatable bonds is 6. The molecule has 1 fully saturated rings. The summed E-state index contributed by atoms with van der Waals surface area (Å²) in [4.78, 5) is 23.2. The molecule has 1 aromatic rings. The first-order valence-corrected chi connectivity index (χ1v) is 7.33. The first-order valence-electron chi connectivity index (χ1n) is 6.34. The Morgan fingerprint density at radius 2 is 2.21 bits per heavy atom. The lowest BCUT2D eigenvalue weighted by Crippen LogP contribution is -2.13. The van der Waals surface area contributed by atoms with Crippen LogP contribution in [0.15, 0.2) is 23.1 Å². The Balaban J connectivity index is 1.95. The number of carbonyl (C=O) groups excluding carboxylic acids is 2. The number of esters is 1. The van der Waals surface area contributed by atoms with Gasteiger partial charge in [0.25, 0.3) is 0 Å². The van der Waals surface area contributed by atoms with Gasteiger partial charge in [-0.15, -0.1) is 11.8 Å². The normalized spacial score (nSPS) is 15.9. The summed E-state index contributed by atoms with van der Waals surface area (Å²) in [6.07, 6.45) is 3.57. The molecule has 1 aliphatic carbocycles. The zero-order chi connectivity index (χ0) is 13.9. The Kier molecular flexibility index (Phi) is 4.30. The third-order valence-corrected chi connectivity index (χ3v) is 5.10. The number of ether oxygens (including phenoxy) is 1. The van der Waals surface area contributed by atoms with Crippen molar-refractivity contribution >= 4 is 24.0 Å². The quantitative estimate of drug-likeness (QED) is 0.455. The number of hydrogen-bond donors (Lipinski definition) is 0. The zero-order valence-corrected chi connectivity index (χ0v) is 12.1. The first-order chi connectivity index (χ1) is 9.08. The molecule has 1 aromatic carbocycles. The van der Waals surface area contributed by atoms with Gasteiger partial charge in [-0.3, -0.25) is 9.59 Å². The maximum absolute atomic E-state index is 11.4. The lowest BCUT2D eigenvalue weighted by atomic mass is 10.1. The third kappa shape index (κ3) is 3.60. The minimum Gasteiger partial charge on any atom is -0.469 e. The fourth-order valence-electron chi connectivity index (χ4n) is 2.07. The molecular formula is C15H18O3S. The fraction of sp³-hybridized carbons (Fsp3) is 0.467. The smallest absolute Gasteiger partial charge is 0.306 e. The van der Waals surface area contributed by atoms with Crippen molar-refractivity contribution in [3.63, 3.8) is 0 Å². The summed E-state index contributed by atoms with van der Waals surface area (Å²) < 4.78 is 4.75. The van der Waals surface area contributed by atoms with Crippen LogP contribution in [0.25, 0.3) is 0 Å². The number of aryl methyl sites for hydroxylation is 1. The number of hydrogen-bond acceptors (Lipinski definition) is 4. The summed E-state index contributed by atoms with van der Waals surface area (Å²) in [5.41, 5.74) is 1.95. The highest BCUT2D eigenvalue weighted by Crippen LogP contribution is 2.52. The van der Waals surface area contributed by atoms with Gasteiger partial charge in [0.05, 0.1) is 13.5 Å². The van der Waals surface area contributed by atoms with E-state index in [9.17, 15) is 9.59 Å². The van der Waals surface area contributed by atoms with Crippen LogP contribution in [0.4, 0.5) is 0 Å². The van der Waals surface area contributed by atoms with Crippen LogP contribution in [0.1, 0.15) is 35.2 Å². The maximum Gasteiger partial charge on any atom is 0.306 e. The lowest BCUT2D eigenvalue weighted by Gasteiger charge is -2.14. The molecule has 1 aliphatic rings. The number of thioether (sulfide) groups is 1. The third-order valence-electron chi connectivity index (χ3n) is 3.57. The molecule has 102 valence electrons. The van der Waals surface area contributed by atoms with Gasteiger partial charge < -0.3 is 4.74 Å². The minimum atomic E-state index is -0.119. The molecule has 0 radical (unpaired) electrons. The van der Waals surface area contributed by atoms with Gasteiger partial charge in [0, 0.05) is 16.2 Å². The monoisotopic (exact) mass is 278 g/mol. The highest BCUT2D eigenvalue weighted by molar-refractivity contribution is 7.99. The first kappa shape index (κ1) is 14.1. The molecule has 0 heterocycles. The van der Waals surface area contributed by atoms with Crippen LogP contribution in [0.3, 0.4) is 0 Å². The van der Waals surface area contributed by atoms with Gasteiger partial charge >= 0.3 is 5.97 Å². The van der Waals surface area contributed by atoms with E-state index in [-0.39, 0.29) is 11.4 Å². The van der Waals surface area contributed by atoms with E-state index in [1.165, 1.54) is 12.0 Å². The molecule has 0 saturated heterocycles. The molecule has 3 nitrogen and oxygen atoms in total. The Bertz CT molecular complexity index is 492. The molecule has 2 rings (SSSR count). The molecule has 0 aromatic heterocycles. The van der Waals surface area contributed by atoms with E-state index in [4.69, 9.17) is 4.74 Å². The predicted octanol–water partition coefficient (Wildman–Crippen LogP) is 3.24. The summed E-state index contributed by atoms with van der Waals surface area (Å²) in [5.74, 6) is 0.815. The number of carbonyl (C=O) groups is 2. The molecule has 0 N–H and O–H groups in total. The Labute approximate surface area is 117 Å². The van der Waals surface area contributed by atoms with Crippen molar-refractivity contribution in [2.75, 3.05) is 12.9 Å². The van der Waals surface area contributed by atoms with E-state index in [1.54, 1.807) is 11.8 Å². The Hall–Kier alpha value is -1.29. The molecule has 0 aliphatic heterocycles. The molecule has 0 bridgehead atoms. The van der Waals surface area contributed by atoms with E-state index >= 15 is 0 Å². The van der Waals surface area contributed by atoms with Crippen LogP contribution in [-0.2, 0) is 9.53 Å². The molecule has 0 spiro atoms. The number of aldehydes is 1. The average molecular weight is 278 g/mol. The van der Waals surface area contributed by atoms with Gasteiger partial charge in [-0.25, -0.2) is 0 Å². The van der Waals surface area contributed by atoms with Crippen LogP contribution in [0.5, 0.6) is 0 Å². The summed E-state index contributed by atoms with van der Waals surface area (Å²) in [6.45, 7) is 2.01. The van der Waals surface area contributed by atoms with Crippen molar-refractivity contribution in [2.45, 2.75) is 31.1 Å². The minimum absolute atomic E-state index is 0.119. The molecular weight excluding hydrogens is 260 g/mol. The van der Waals surface area contributed by atoms with Crippen molar-refractivity contribution in [1.82, 2.24) is 0 Å². The van der Waals surface area contributed by atoms with Crippen LogP contribution >= 0.6 is 11.8 Å². The van der Waals surface area contributed by atoms with E-state index in [0.717, 1.165) is 30.4 Å². The van der Waals surface area contributed by atoms with E-state index in [0.29, 0.717) is 12.0 Å². The van der Waals surface area contributed by atoms with E-state index in [2.05, 4.69) is 0 Å². The molecule has 1 saturated carbocycles. The number of methoxy groups -OCH3 is 1. The van der Waals surface area contributed by atoms with E-state index < -0.39 is 0 Å². The predicted molar refractivity (Wildman–Crippen MR) is 75.6 cm³/mol. The largest absolute Gasteiger partial charge is 0.469 e. The molecule has 19 heavy (non-hydrogen) atoms. The fourth-order valence-corrected chi connectivity index (χ4v) is 3.37. The topological polar surface area (TPSA) is 43.4 Å². The van der Waals surface area contributed by atoms with Gasteiger partial charge in [0.2, 0.25) is 0 Å². The van der Waals surface area contributed by atoms with Crippen molar-refractivity contribution in [1.29, 1.82) is 0 Å². The second-order valence-corrected chi connectivity index (χ2v) is 6.20. The van der Waals surface area contributed by atoms with Crippen molar-refractivity contribution < 1.29 is 14.3 Å². The molecule has 4 heteroatoms. The van der Waals surface area contributed by atoms with Crippen molar-refractivity contribution in [3.8, 4) is 0 Å². The standard InChI is InChI=1S/C15H18O3S/c1-11-7-12(9-16)3-4-13(11)19-10-15(5-6-15)8-14(17)18-2/h3-4,7,9H,5-6,8,10H2,1-2H3. The summed E-state index contributed by atoms with van der Waals surface area (Å²) in [6, 6.07) is 5.72. The number of benzene rings is 1. The highest BCUT2D eigenvalue weighted by Gasteiger charge is 2.44. The summed E-state index contributed by atoms with van der Waals surface area (Å²) in [7, 11) is 1.44. The van der Waals surface area contributed by atoms with Crippen LogP contribution in [-0.4, -0.2) is 25.1 Å². The Morgan fingerprint density at radius 3 is 2.74 bits per heavy atom. The highest BCUT2D eigenvalue weighted by atomic mass is 32.2. The summed E-state index contributed by atoms with van der Waals surface area (Å²) in [5, 5.41) is 0.